The Labute approximate surface area is 114 Å². The molecule has 1 aromatic carbocycles. The van der Waals surface area contributed by atoms with E-state index in [2.05, 4.69) is 30.9 Å². The fourth-order valence-electron chi connectivity index (χ4n) is 2.38. The number of methoxy groups -OCH3 is 1. The van der Waals surface area contributed by atoms with Gasteiger partial charge >= 0.3 is 0 Å². The maximum absolute atomic E-state index is 5.65. The summed E-state index contributed by atoms with van der Waals surface area (Å²) in [4.78, 5) is 3.81. The maximum Gasteiger partial charge on any atom is 0.143 e. The van der Waals surface area contributed by atoms with E-state index in [1.54, 1.807) is 7.11 Å². The topological polar surface area (TPSA) is 38.5 Å². The second kappa shape index (κ2) is 5.85. The summed E-state index contributed by atoms with van der Waals surface area (Å²) in [5.74, 6) is 2.11. The van der Waals surface area contributed by atoms with Crippen molar-refractivity contribution in [2.24, 2.45) is 5.73 Å². The molecule has 1 atom stereocenters. The van der Waals surface area contributed by atoms with E-state index in [9.17, 15) is 0 Å². The van der Waals surface area contributed by atoms with Gasteiger partial charge in [-0.2, -0.15) is 0 Å². The van der Waals surface area contributed by atoms with Crippen LogP contribution >= 0.6 is 11.8 Å². The zero-order valence-electron chi connectivity index (χ0n) is 11.4. The lowest BCUT2D eigenvalue weighted by molar-refractivity contribution is 0.411. The van der Waals surface area contributed by atoms with E-state index < -0.39 is 0 Å². The molecular formula is C14H22N2OS. The number of hydrogen-bond donors (Lipinski definition) is 1. The minimum atomic E-state index is 0.532. The Morgan fingerprint density at radius 3 is 2.94 bits per heavy atom. The molecule has 0 aliphatic carbocycles. The van der Waals surface area contributed by atoms with E-state index in [1.807, 2.05) is 11.8 Å². The molecule has 0 amide bonds. The highest BCUT2D eigenvalue weighted by Crippen LogP contribution is 2.45. The van der Waals surface area contributed by atoms with Crippen molar-refractivity contribution in [2.75, 3.05) is 30.9 Å². The monoisotopic (exact) mass is 266 g/mol. The smallest absolute Gasteiger partial charge is 0.143 e. The molecule has 2 N–H and O–H groups in total. The van der Waals surface area contributed by atoms with Crippen LogP contribution in [0.25, 0.3) is 0 Å². The first kappa shape index (κ1) is 13.6. The van der Waals surface area contributed by atoms with Crippen molar-refractivity contribution >= 4 is 17.4 Å². The van der Waals surface area contributed by atoms with Crippen molar-refractivity contribution in [1.29, 1.82) is 0 Å². The van der Waals surface area contributed by atoms with Gasteiger partial charge in [-0.3, -0.25) is 0 Å². The van der Waals surface area contributed by atoms with Crippen molar-refractivity contribution in [1.82, 2.24) is 0 Å². The van der Waals surface area contributed by atoms with Gasteiger partial charge in [0.05, 0.1) is 12.8 Å². The van der Waals surface area contributed by atoms with Crippen molar-refractivity contribution in [3.8, 4) is 5.75 Å². The normalized spacial score (nSPS) is 18.7. The molecule has 0 fully saturated rings. The first-order valence-corrected chi connectivity index (χ1v) is 7.44. The lowest BCUT2D eigenvalue weighted by atomic mass is 10.1. The van der Waals surface area contributed by atoms with Crippen LogP contribution in [0.4, 0.5) is 5.69 Å². The molecule has 0 saturated carbocycles. The van der Waals surface area contributed by atoms with Crippen LogP contribution in [0.15, 0.2) is 17.0 Å². The predicted octanol–water partition coefficient (Wildman–Crippen LogP) is 2.65. The summed E-state index contributed by atoms with van der Waals surface area (Å²) in [6, 6.07) is 4.74. The molecule has 0 spiro atoms. The Balaban J connectivity index is 2.42. The van der Waals surface area contributed by atoms with E-state index in [1.165, 1.54) is 16.1 Å². The van der Waals surface area contributed by atoms with Gasteiger partial charge in [-0.25, -0.2) is 0 Å². The van der Waals surface area contributed by atoms with Gasteiger partial charge in [-0.05, 0) is 38.4 Å². The van der Waals surface area contributed by atoms with Gasteiger partial charge in [0.1, 0.15) is 5.75 Å². The second-order valence-corrected chi connectivity index (χ2v) is 5.79. The van der Waals surface area contributed by atoms with Crippen molar-refractivity contribution < 1.29 is 4.74 Å². The van der Waals surface area contributed by atoms with Crippen LogP contribution < -0.4 is 15.4 Å². The Hall–Kier alpha value is -0.870. The maximum atomic E-state index is 5.65. The fraction of sp³-hybridized carbons (Fsp3) is 0.571. The number of rotatable bonds is 4. The van der Waals surface area contributed by atoms with Crippen LogP contribution in [0.1, 0.15) is 18.9 Å². The van der Waals surface area contributed by atoms with Gasteiger partial charge in [0.2, 0.25) is 0 Å². The van der Waals surface area contributed by atoms with E-state index in [0.717, 1.165) is 31.0 Å². The summed E-state index contributed by atoms with van der Waals surface area (Å²) >= 11 is 1.94. The third-order valence-electron chi connectivity index (χ3n) is 3.40. The van der Waals surface area contributed by atoms with Crippen LogP contribution in [0.2, 0.25) is 0 Å². The minimum Gasteiger partial charge on any atom is -0.495 e. The Morgan fingerprint density at radius 2 is 2.28 bits per heavy atom. The van der Waals surface area contributed by atoms with E-state index in [0.29, 0.717) is 6.04 Å². The molecule has 1 unspecified atom stereocenters. The molecule has 100 valence electrons. The third kappa shape index (κ3) is 2.45. The van der Waals surface area contributed by atoms with E-state index in [-0.39, 0.29) is 0 Å². The van der Waals surface area contributed by atoms with E-state index in [4.69, 9.17) is 10.5 Å². The summed E-state index contributed by atoms with van der Waals surface area (Å²) in [7, 11) is 1.75. The van der Waals surface area contributed by atoms with E-state index >= 15 is 0 Å². The molecule has 0 saturated heterocycles. The van der Waals surface area contributed by atoms with Gasteiger partial charge in [0, 0.05) is 23.2 Å². The van der Waals surface area contributed by atoms with Crippen LogP contribution in [0, 0.1) is 6.92 Å². The number of aryl methyl sites for hydroxylation is 1. The quantitative estimate of drug-likeness (QED) is 0.909. The highest BCUT2D eigenvalue weighted by molar-refractivity contribution is 7.99. The first-order chi connectivity index (χ1) is 8.69. The highest BCUT2D eigenvalue weighted by Gasteiger charge is 2.27. The third-order valence-corrected chi connectivity index (χ3v) is 4.86. The Bertz CT molecular complexity index is 423. The minimum absolute atomic E-state index is 0.532. The molecule has 2 rings (SSSR count). The molecular weight excluding hydrogens is 244 g/mol. The van der Waals surface area contributed by atoms with Crippen LogP contribution in [-0.4, -0.2) is 32.0 Å². The Kier molecular flexibility index (Phi) is 4.40. The van der Waals surface area contributed by atoms with Crippen molar-refractivity contribution in [3.63, 3.8) is 0 Å². The number of thioether (sulfide) groups is 1. The number of ether oxygens (including phenoxy) is 1. The van der Waals surface area contributed by atoms with Crippen LogP contribution in [0.5, 0.6) is 5.75 Å². The SMILES string of the molecule is COc1ccc(C)c2c1N(CCCN)C(C)CS2. The van der Waals surface area contributed by atoms with Gasteiger partial charge in [0.25, 0.3) is 0 Å². The number of fused-ring (bicyclic) bond motifs is 1. The molecule has 0 radical (unpaired) electrons. The molecule has 1 aliphatic heterocycles. The molecule has 4 heteroatoms. The molecule has 18 heavy (non-hydrogen) atoms. The number of nitrogens with two attached hydrogens (primary N) is 1. The van der Waals surface area contributed by atoms with Gasteiger partial charge in [-0.15, -0.1) is 11.8 Å². The zero-order chi connectivity index (χ0) is 13.1. The van der Waals surface area contributed by atoms with Gasteiger partial charge in [-0.1, -0.05) is 6.07 Å². The van der Waals surface area contributed by atoms with Crippen molar-refractivity contribution in [3.05, 3.63) is 17.7 Å². The second-order valence-electron chi connectivity index (χ2n) is 4.76. The van der Waals surface area contributed by atoms with Gasteiger partial charge < -0.3 is 15.4 Å². The molecule has 0 bridgehead atoms. The Morgan fingerprint density at radius 1 is 1.50 bits per heavy atom. The average molecular weight is 266 g/mol. The van der Waals surface area contributed by atoms with Crippen molar-refractivity contribution in [2.45, 2.75) is 31.2 Å². The summed E-state index contributed by atoms with van der Waals surface area (Å²) < 4.78 is 5.54. The first-order valence-electron chi connectivity index (χ1n) is 6.46. The molecule has 1 aliphatic rings. The highest BCUT2D eigenvalue weighted by atomic mass is 32.2. The van der Waals surface area contributed by atoms with Crippen LogP contribution in [0.3, 0.4) is 0 Å². The zero-order valence-corrected chi connectivity index (χ0v) is 12.2. The largest absolute Gasteiger partial charge is 0.495 e. The molecule has 1 heterocycles. The standard InChI is InChI=1S/C14H22N2OS/c1-10-5-6-12(17-3)13-14(10)18-9-11(2)16(13)8-4-7-15/h5-6,11H,4,7-9,15H2,1-3H3. The number of benzene rings is 1. The van der Waals surface area contributed by atoms with Crippen LogP contribution in [-0.2, 0) is 0 Å². The summed E-state index contributed by atoms with van der Waals surface area (Å²) in [6.07, 6.45) is 1.02. The lowest BCUT2D eigenvalue weighted by Crippen LogP contribution is -2.39. The predicted molar refractivity (Wildman–Crippen MR) is 78.9 cm³/mol. The average Bonchev–Trinajstić information content (AvgIpc) is 2.38. The number of nitrogens with zero attached hydrogens (tertiary/aromatic N) is 1. The number of anilines is 1. The summed E-state index contributed by atoms with van der Waals surface area (Å²) in [6.45, 7) is 6.18. The summed E-state index contributed by atoms with van der Waals surface area (Å²) in [5.41, 5.74) is 8.24. The molecule has 3 nitrogen and oxygen atoms in total. The molecule has 0 aromatic heterocycles. The fourth-order valence-corrected chi connectivity index (χ4v) is 3.62. The van der Waals surface area contributed by atoms with Gasteiger partial charge in [0.15, 0.2) is 0 Å². The lowest BCUT2D eigenvalue weighted by Gasteiger charge is -2.38. The number of hydrogen-bond acceptors (Lipinski definition) is 4. The summed E-state index contributed by atoms with van der Waals surface area (Å²) in [5, 5.41) is 0. The molecule has 1 aromatic rings.